The fourth-order valence-corrected chi connectivity index (χ4v) is 0.656. The molecule has 0 spiro atoms. The Morgan fingerprint density at radius 2 is 2.00 bits per heavy atom. The molecule has 0 atom stereocenters. The first-order valence-corrected chi connectivity index (χ1v) is 4.82. The number of esters is 1. The van der Waals surface area contributed by atoms with Crippen LogP contribution in [0.1, 0.15) is 20.8 Å². The van der Waals surface area contributed by atoms with Crippen molar-refractivity contribution in [3.63, 3.8) is 0 Å². The van der Waals surface area contributed by atoms with E-state index in [9.17, 15) is 4.79 Å². The summed E-state index contributed by atoms with van der Waals surface area (Å²) >= 11 is 1.24. The van der Waals surface area contributed by atoms with Gasteiger partial charge in [-0.25, -0.2) is 0 Å². The number of carbonyl (C=O) groups is 1. The summed E-state index contributed by atoms with van der Waals surface area (Å²) < 4.78 is 5.37. The minimum absolute atomic E-state index is 0.112. The second-order valence-electron chi connectivity index (χ2n) is 2.83. The Morgan fingerprint density at radius 3 is 2.11 bits per heavy atom. The third-order valence-electron chi connectivity index (χ3n) is 0.816. The molecule has 2 nitrogen and oxygen atoms in total. The van der Waals surface area contributed by atoms with E-state index >= 15 is 0 Å². The third kappa shape index (κ3) is 3.78. The minimum atomic E-state index is -0.337. The summed E-state index contributed by atoms with van der Waals surface area (Å²) in [5.41, 5.74) is -0.337. The van der Waals surface area contributed by atoms with Crippen LogP contribution in [-0.2, 0) is 9.53 Å². The van der Waals surface area contributed by atoms with E-state index in [2.05, 4.69) is 0 Å². The number of rotatable bonds is 1. The first-order chi connectivity index (χ1) is 3.98. The fourth-order valence-electron chi connectivity index (χ4n) is 0.282. The molecule has 51 valence electrons. The molecule has 0 aliphatic carbocycles. The van der Waals surface area contributed by atoms with E-state index in [1.54, 1.807) is 0 Å². The van der Waals surface area contributed by atoms with E-state index < -0.39 is 0 Å². The molecule has 0 unspecified atom stereocenters. The first kappa shape index (κ1) is 9.27. The predicted octanol–water partition coefficient (Wildman–Crippen LogP) is 0.702. The summed E-state index contributed by atoms with van der Waals surface area (Å²) in [4.78, 5) is 10.9. The van der Waals surface area contributed by atoms with Gasteiger partial charge in [0.2, 0.25) is 0 Å². The molecule has 0 N–H and O–H groups in total. The molecule has 0 aromatic heterocycles. The van der Waals surface area contributed by atoms with Crippen LogP contribution in [0.25, 0.3) is 0 Å². The van der Waals surface area contributed by atoms with Gasteiger partial charge in [0.15, 0.2) is 0 Å². The molecule has 0 bridgehead atoms. The average Bonchev–Trinajstić information content (AvgIpc) is 1.64. The molecule has 3 heteroatoms. The molecular formula is C6H11O2Sn. The van der Waals surface area contributed by atoms with Gasteiger partial charge in [0, 0.05) is 0 Å². The molecule has 0 rings (SSSR count). The van der Waals surface area contributed by atoms with E-state index in [1.165, 1.54) is 22.5 Å². The molecule has 0 aromatic carbocycles. The van der Waals surface area contributed by atoms with Crippen molar-refractivity contribution in [3.8, 4) is 0 Å². The predicted molar refractivity (Wildman–Crippen MR) is 36.2 cm³/mol. The van der Waals surface area contributed by atoms with Gasteiger partial charge in [-0.2, -0.15) is 0 Å². The van der Waals surface area contributed by atoms with Crippen LogP contribution in [0.2, 0.25) is 0 Å². The van der Waals surface area contributed by atoms with Crippen LogP contribution < -0.4 is 0 Å². The summed E-state index contributed by atoms with van der Waals surface area (Å²) in [6.07, 6.45) is 0. The van der Waals surface area contributed by atoms with Crippen molar-refractivity contribution in [1.29, 1.82) is 0 Å². The monoisotopic (exact) mass is 235 g/mol. The number of hydrogen-bond donors (Lipinski definition) is 0. The van der Waals surface area contributed by atoms with Crippen molar-refractivity contribution in [2.45, 2.75) is 20.8 Å². The summed E-state index contributed by atoms with van der Waals surface area (Å²) in [6.45, 7) is 5.54. The van der Waals surface area contributed by atoms with Gasteiger partial charge in [-0.1, -0.05) is 0 Å². The fraction of sp³-hybridized carbons (Fsp3) is 0.833. The molecule has 9 heavy (non-hydrogen) atoms. The van der Waals surface area contributed by atoms with E-state index in [0.29, 0.717) is 4.62 Å². The molecule has 0 aliphatic heterocycles. The Kier molecular flexibility index (Phi) is 3.54. The van der Waals surface area contributed by atoms with Crippen LogP contribution in [0.5, 0.6) is 0 Å². The number of hydrogen-bond acceptors (Lipinski definition) is 2. The summed E-state index contributed by atoms with van der Waals surface area (Å²) in [5, 5.41) is 0. The molecule has 0 aromatic rings. The van der Waals surface area contributed by atoms with Gasteiger partial charge >= 0.3 is 68.8 Å². The topological polar surface area (TPSA) is 26.3 Å². The molecular weight excluding hydrogens is 223 g/mol. The standard InChI is InChI=1S/C6H11O2.Sn/c1-6(2,3)5(7)8-4;/h4H2,1-3H3;. The first-order valence-electron chi connectivity index (χ1n) is 2.80. The van der Waals surface area contributed by atoms with Crippen molar-refractivity contribution in [1.82, 2.24) is 0 Å². The Bertz CT molecular complexity index is 104. The summed E-state index contributed by atoms with van der Waals surface area (Å²) in [6, 6.07) is 0. The van der Waals surface area contributed by atoms with E-state index in [4.69, 9.17) is 4.74 Å². The van der Waals surface area contributed by atoms with Gasteiger partial charge in [0.25, 0.3) is 0 Å². The van der Waals surface area contributed by atoms with Crippen LogP contribution in [0.4, 0.5) is 0 Å². The van der Waals surface area contributed by atoms with Crippen molar-refractivity contribution in [2.75, 3.05) is 4.62 Å². The Hall–Kier alpha value is 0.269. The zero-order chi connectivity index (χ0) is 7.49. The average molecular weight is 234 g/mol. The second kappa shape index (κ2) is 3.44. The van der Waals surface area contributed by atoms with E-state index in [1.807, 2.05) is 20.8 Å². The summed E-state index contributed by atoms with van der Waals surface area (Å²) in [7, 11) is 0. The zero-order valence-corrected chi connectivity index (χ0v) is 8.88. The van der Waals surface area contributed by atoms with Crippen LogP contribution >= 0.6 is 0 Å². The quantitative estimate of drug-likeness (QED) is 0.493. The van der Waals surface area contributed by atoms with Crippen LogP contribution in [0.15, 0.2) is 0 Å². The number of carbonyl (C=O) groups excluding carboxylic acids is 1. The Morgan fingerprint density at radius 1 is 1.56 bits per heavy atom. The van der Waals surface area contributed by atoms with E-state index in [0.717, 1.165) is 0 Å². The van der Waals surface area contributed by atoms with Crippen molar-refractivity contribution >= 4 is 28.5 Å². The molecule has 0 heterocycles. The van der Waals surface area contributed by atoms with Gasteiger partial charge in [-0.15, -0.1) is 0 Å². The number of ether oxygens (including phenoxy) is 1. The SMILES string of the molecule is CC(C)(C)C(=O)O[CH2][Sn]. The summed E-state index contributed by atoms with van der Waals surface area (Å²) in [5.74, 6) is -0.112. The molecule has 0 fully saturated rings. The second-order valence-corrected chi connectivity index (χ2v) is 3.65. The van der Waals surface area contributed by atoms with Gasteiger partial charge in [0.05, 0.1) is 0 Å². The van der Waals surface area contributed by atoms with Crippen LogP contribution in [-0.4, -0.2) is 33.1 Å². The van der Waals surface area contributed by atoms with Crippen LogP contribution in [0, 0.1) is 5.41 Å². The van der Waals surface area contributed by atoms with E-state index in [-0.39, 0.29) is 11.4 Å². The molecule has 0 saturated heterocycles. The van der Waals surface area contributed by atoms with Gasteiger partial charge < -0.3 is 0 Å². The van der Waals surface area contributed by atoms with Gasteiger partial charge in [0.1, 0.15) is 0 Å². The zero-order valence-electron chi connectivity index (χ0n) is 6.02. The molecule has 3 radical (unpaired) electrons. The van der Waals surface area contributed by atoms with Gasteiger partial charge in [-0.3, -0.25) is 0 Å². The van der Waals surface area contributed by atoms with Gasteiger partial charge in [-0.05, 0) is 0 Å². The van der Waals surface area contributed by atoms with Crippen molar-refractivity contribution in [2.24, 2.45) is 5.41 Å². The maximum absolute atomic E-state index is 10.9. The Labute approximate surface area is 69.0 Å². The molecule has 0 aliphatic rings. The molecule has 0 amide bonds. The van der Waals surface area contributed by atoms with Crippen molar-refractivity contribution < 1.29 is 9.53 Å². The maximum atomic E-state index is 10.9. The third-order valence-corrected chi connectivity index (χ3v) is 1.23. The van der Waals surface area contributed by atoms with Crippen molar-refractivity contribution in [3.05, 3.63) is 0 Å². The van der Waals surface area contributed by atoms with Crippen LogP contribution in [0.3, 0.4) is 0 Å². The normalized spacial score (nSPS) is 11.1. The Balaban J connectivity index is 3.74. The molecule has 0 saturated carbocycles.